The number of rotatable bonds is 1. The Morgan fingerprint density at radius 3 is 2.74 bits per heavy atom. The Balaban J connectivity index is 1.82. The first-order valence-corrected chi connectivity index (χ1v) is 9.02. The topological polar surface area (TPSA) is 46.5 Å². The highest BCUT2D eigenvalue weighted by Gasteiger charge is 2.65. The first-order valence-electron chi connectivity index (χ1n) is 9.02. The monoisotopic (exact) mass is 316 g/mol. The molecule has 0 amide bonds. The lowest BCUT2D eigenvalue weighted by molar-refractivity contribution is -0.148. The average molecular weight is 316 g/mol. The molecular weight excluding hydrogens is 288 g/mol. The number of hydrogen-bond acceptors (Lipinski definition) is 3. The SMILES string of the molecule is CC(C)(O)C1=CC2=C[C@H]3OC(=O)[C@@]4(C)CCC[C@@](C)([C@@H]34)[C@H]2CC1. The molecule has 1 saturated carbocycles. The van der Waals surface area contributed by atoms with Gasteiger partial charge in [0.2, 0.25) is 0 Å². The van der Waals surface area contributed by atoms with Crippen LogP contribution in [-0.2, 0) is 9.53 Å². The molecule has 3 nitrogen and oxygen atoms in total. The van der Waals surface area contributed by atoms with Gasteiger partial charge in [-0.2, -0.15) is 0 Å². The van der Waals surface area contributed by atoms with Crippen molar-refractivity contribution in [3.63, 3.8) is 0 Å². The van der Waals surface area contributed by atoms with Crippen molar-refractivity contribution in [2.45, 2.75) is 71.5 Å². The minimum Gasteiger partial charge on any atom is -0.457 e. The summed E-state index contributed by atoms with van der Waals surface area (Å²) >= 11 is 0. The van der Waals surface area contributed by atoms with Crippen LogP contribution in [0, 0.1) is 22.7 Å². The van der Waals surface area contributed by atoms with Gasteiger partial charge < -0.3 is 9.84 Å². The Labute approximate surface area is 138 Å². The summed E-state index contributed by atoms with van der Waals surface area (Å²) in [7, 11) is 0. The maximum absolute atomic E-state index is 12.5. The van der Waals surface area contributed by atoms with Crippen LogP contribution in [0.2, 0.25) is 0 Å². The van der Waals surface area contributed by atoms with Gasteiger partial charge in [0.15, 0.2) is 0 Å². The van der Waals surface area contributed by atoms with E-state index in [0.717, 1.165) is 31.3 Å². The Bertz CT molecular complexity index is 623. The molecule has 1 N–H and O–H groups in total. The van der Waals surface area contributed by atoms with E-state index in [9.17, 15) is 9.90 Å². The van der Waals surface area contributed by atoms with E-state index in [-0.39, 0.29) is 22.9 Å². The molecule has 0 radical (unpaired) electrons. The van der Waals surface area contributed by atoms with Crippen molar-refractivity contribution in [2.75, 3.05) is 0 Å². The van der Waals surface area contributed by atoms with Crippen LogP contribution in [0.4, 0.5) is 0 Å². The van der Waals surface area contributed by atoms with Gasteiger partial charge in [-0.25, -0.2) is 0 Å². The highest BCUT2D eigenvalue weighted by Crippen LogP contribution is 2.65. The van der Waals surface area contributed by atoms with Crippen LogP contribution in [0.15, 0.2) is 23.3 Å². The number of fused-ring (bicyclic) bond motifs is 2. The zero-order valence-corrected chi connectivity index (χ0v) is 14.7. The molecule has 1 aliphatic heterocycles. The largest absolute Gasteiger partial charge is 0.457 e. The van der Waals surface area contributed by atoms with Gasteiger partial charge in [0.05, 0.1) is 11.0 Å². The molecular formula is C20H28O3. The Morgan fingerprint density at radius 1 is 1.30 bits per heavy atom. The fourth-order valence-corrected chi connectivity index (χ4v) is 6.08. The van der Waals surface area contributed by atoms with E-state index in [1.54, 1.807) is 0 Å². The van der Waals surface area contributed by atoms with Crippen molar-refractivity contribution in [1.82, 2.24) is 0 Å². The fraction of sp³-hybridized carbons (Fsp3) is 0.750. The lowest BCUT2D eigenvalue weighted by atomic mass is 9.47. The number of carbonyl (C=O) groups excluding carboxylic acids is 1. The van der Waals surface area contributed by atoms with Crippen LogP contribution < -0.4 is 0 Å². The van der Waals surface area contributed by atoms with Crippen LogP contribution in [0.3, 0.4) is 0 Å². The molecule has 0 aromatic carbocycles. The summed E-state index contributed by atoms with van der Waals surface area (Å²) in [4.78, 5) is 12.5. The van der Waals surface area contributed by atoms with Crippen LogP contribution in [0.5, 0.6) is 0 Å². The highest BCUT2D eigenvalue weighted by molar-refractivity contribution is 5.80. The molecule has 0 unspecified atom stereocenters. The van der Waals surface area contributed by atoms with Crippen molar-refractivity contribution in [2.24, 2.45) is 22.7 Å². The molecule has 1 heterocycles. The second kappa shape index (κ2) is 4.50. The van der Waals surface area contributed by atoms with Crippen LogP contribution in [0.25, 0.3) is 0 Å². The maximum Gasteiger partial charge on any atom is 0.312 e. The summed E-state index contributed by atoms with van der Waals surface area (Å²) in [5.74, 6) is 0.798. The maximum atomic E-state index is 12.5. The molecule has 126 valence electrons. The van der Waals surface area contributed by atoms with Crippen LogP contribution >= 0.6 is 0 Å². The number of carbonyl (C=O) groups is 1. The zero-order chi connectivity index (χ0) is 16.6. The average Bonchev–Trinajstić information content (AvgIpc) is 2.70. The third kappa shape index (κ3) is 1.95. The molecule has 4 rings (SSSR count). The summed E-state index contributed by atoms with van der Waals surface area (Å²) in [5, 5.41) is 10.4. The third-order valence-corrected chi connectivity index (χ3v) is 7.23. The second-order valence-corrected chi connectivity index (χ2v) is 9.11. The minimum absolute atomic E-state index is 0.000568. The van der Waals surface area contributed by atoms with Gasteiger partial charge >= 0.3 is 5.97 Å². The van der Waals surface area contributed by atoms with Gasteiger partial charge in [0.1, 0.15) is 6.10 Å². The van der Waals surface area contributed by atoms with Crippen molar-refractivity contribution < 1.29 is 14.6 Å². The third-order valence-electron chi connectivity index (χ3n) is 7.23. The molecule has 5 atom stereocenters. The van der Waals surface area contributed by atoms with Gasteiger partial charge in [-0.1, -0.05) is 19.4 Å². The molecule has 4 aliphatic rings. The second-order valence-electron chi connectivity index (χ2n) is 9.11. The lowest BCUT2D eigenvalue weighted by Crippen LogP contribution is -2.53. The Kier molecular flexibility index (Phi) is 3.02. The van der Waals surface area contributed by atoms with Crippen molar-refractivity contribution >= 4 is 5.97 Å². The van der Waals surface area contributed by atoms with E-state index in [1.165, 1.54) is 12.0 Å². The van der Waals surface area contributed by atoms with Gasteiger partial charge in [0.25, 0.3) is 0 Å². The summed E-state index contributed by atoms with van der Waals surface area (Å²) in [6, 6.07) is 0. The highest BCUT2D eigenvalue weighted by atomic mass is 16.6. The molecule has 3 heteroatoms. The number of ether oxygens (including phenoxy) is 1. The van der Waals surface area contributed by atoms with E-state index in [2.05, 4.69) is 26.0 Å². The summed E-state index contributed by atoms with van der Waals surface area (Å²) in [5.41, 5.74) is 1.45. The van der Waals surface area contributed by atoms with Crippen LogP contribution in [0.1, 0.15) is 59.8 Å². The normalized spacial score (nSPS) is 45.6. The molecule has 2 fully saturated rings. The van der Waals surface area contributed by atoms with Gasteiger partial charge in [-0.3, -0.25) is 4.79 Å². The van der Waals surface area contributed by atoms with Crippen molar-refractivity contribution in [3.8, 4) is 0 Å². The Morgan fingerprint density at radius 2 is 2.04 bits per heavy atom. The number of hydrogen-bond donors (Lipinski definition) is 1. The first-order chi connectivity index (χ1) is 10.7. The molecule has 0 spiro atoms. The molecule has 0 bridgehead atoms. The first kappa shape index (κ1) is 15.4. The van der Waals surface area contributed by atoms with E-state index in [0.29, 0.717) is 11.8 Å². The molecule has 23 heavy (non-hydrogen) atoms. The van der Waals surface area contributed by atoms with E-state index in [4.69, 9.17) is 4.74 Å². The minimum atomic E-state index is -0.767. The van der Waals surface area contributed by atoms with E-state index < -0.39 is 5.60 Å². The molecule has 0 aromatic rings. The summed E-state index contributed by atoms with van der Waals surface area (Å²) < 4.78 is 5.81. The summed E-state index contributed by atoms with van der Waals surface area (Å²) in [6.07, 6.45) is 9.57. The summed E-state index contributed by atoms with van der Waals surface area (Å²) in [6.45, 7) is 8.22. The van der Waals surface area contributed by atoms with Crippen LogP contribution in [-0.4, -0.2) is 22.8 Å². The number of esters is 1. The van der Waals surface area contributed by atoms with E-state index in [1.807, 2.05) is 13.8 Å². The Hall–Kier alpha value is -1.09. The predicted molar refractivity (Wildman–Crippen MR) is 88.6 cm³/mol. The van der Waals surface area contributed by atoms with Crippen molar-refractivity contribution in [3.05, 3.63) is 23.3 Å². The number of allylic oxidation sites excluding steroid dienone is 2. The van der Waals surface area contributed by atoms with Gasteiger partial charge in [-0.15, -0.1) is 0 Å². The zero-order valence-electron chi connectivity index (χ0n) is 14.7. The molecule has 0 aromatic heterocycles. The fourth-order valence-electron chi connectivity index (χ4n) is 6.08. The smallest absolute Gasteiger partial charge is 0.312 e. The van der Waals surface area contributed by atoms with Crippen molar-refractivity contribution in [1.29, 1.82) is 0 Å². The predicted octanol–water partition coefficient (Wildman–Crippen LogP) is 3.77. The van der Waals surface area contributed by atoms with Gasteiger partial charge in [0, 0.05) is 5.92 Å². The lowest BCUT2D eigenvalue weighted by Gasteiger charge is -2.55. The quantitative estimate of drug-likeness (QED) is 0.749. The van der Waals surface area contributed by atoms with Gasteiger partial charge in [-0.05, 0) is 75.0 Å². The molecule has 1 saturated heterocycles. The standard InChI is InChI=1S/C20H28O3/c1-18(2,22)13-6-7-14-12(10-13)11-15-16-19(14,3)8-5-9-20(16,4)17(21)23-15/h10-11,14-16,22H,5-9H2,1-4H3/t14-,15+,16+,19+,20-/m0/s1. The van der Waals surface area contributed by atoms with E-state index >= 15 is 0 Å². The molecule has 3 aliphatic carbocycles. The number of aliphatic hydroxyl groups is 1.